The lowest BCUT2D eigenvalue weighted by atomic mass is 10.2. The zero-order chi connectivity index (χ0) is 11.8. The summed E-state index contributed by atoms with van der Waals surface area (Å²) >= 11 is 0. The Kier molecular flexibility index (Phi) is 1.92. The molecular weight excluding hydrogens is 216 g/mol. The lowest BCUT2D eigenvalue weighted by Gasteiger charge is -1.99. The molecule has 0 aliphatic carbocycles. The van der Waals surface area contributed by atoms with E-state index in [0.29, 0.717) is 22.1 Å². The third-order valence-corrected chi connectivity index (χ3v) is 2.55. The molecule has 80 valence electrons. The molecule has 2 heterocycles. The molecule has 0 radical (unpaired) electrons. The predicted molar refractivity (Wildman–Crippen MR) is 62.5 cm³/mol. The van der Waals surface area contributed by atoms with Crippen LogP contribution in [0.2, 0.25) is 0 Å². The van der Waals surface area contributed by atoms with Crippen LogP contribution in [0.3, 0.4) is 0 Å². The van der Waals surface area contributed by atoms with Crippen molar-refractivity contribution in [2.24, 2.45) is 0 Å². The molecule has 0 N–H and O–H groups in total. The predicted octanol–water partition coefficient (Wildman–Crippen LogP) is 2.21. The van der Waals surface area contributed by atoms with Gasteiger partial charge in [0.25, 0.3) is 0 Å². The van der Waals surface area contributed by atoms with Crippen LogP contribution in [0.15, 0.2) is 45.7 Å². The van der Waals surface area contributed by atoms with E-state index in [9.17, 15) is 4.79 Å². The van der Waals surface area contributed by atoms with Crippen molar-refractivity contribution >= 4 is 22.1 Å². The molecule has 17 heavy (non-hydrogen) atoms. The van der Waals surface area contributed by atoms with Crippen molar-refractivity contribution in [3.05, 3.63) is 52.3 Å². The molecule has 0 atom stereocenters. The van der Waals surface area contributed by atoms with Crippen molar-refractivity contribution in [1.29, 1.82) is 5.26 Å². The summed E-state index contributed by atoms with van der Waals surface area (Å²) in [6.07, 6.45) is 1.37. The molecule has 0 aliphatic rings. The van der Waals surface area contributed by atoms with Crippen molar-refractivity contribution in [3.8, 4) is 6.07 Å². The monoisotopic (exact) mass is 222 g/mol. The van der Waals surface area contributed by atoms with Crippen molar-refractivity contribution in [2.75, 3.05) is 0 Å². The molecule has 0 bridgehead atoms. The first-order valence-corrected chi connectivity index (χ1v) is 5.01. The van der Waals surface area contributed by atoms with Crippen LogP contribution < -0.4 is 5.43 Å². The topological polar surface area (TPSA) is 66.9 Å². The van der Waals surface area contributed by atoms with Gasteiger partial charge in [0.1, 0.15) is 11.7 Å². The first-order valence-electron chi connectivity index (χ1n) is 5.01. The van der Waals surface area contributed by atoms with Gasteiger partial charge in [0.15, 0.2) is 11.1 Å². The SMILES string of the molecule is N#Cc1cnc2c(=O)c3ccccc3oc2c1. The molecule has 0 saturated heterocycles. The van der Waals surface area contributed by atoms with Crippen LogP contribution in [-0.2, 0) is 0 Å². The van der Waals surface area contributed by atoms with E-state index in [2.05, 4.69) is 4.98 Å². The van der Waals surface area contributed by atoms with E-state index in [0.717, 1.165) is 0 Å². The molecule has 4 heteroatoms. The largest absolute Gasteiger partial charge is 0.454 e. The van der Waals surface area contributed by atoms with Crippen molar-refractivity contribution in [3.63, 3.8) is 0 Å². The van der Waals surface area contributed by atoms with Crippen LogP contribution in [0.25, 0.3) is 22.1 Å². The lowest BCUT2D eigenvalue weighted by Crippen LogP contribution is -2.04. The molecule has 2 aromatic heterocycles. The number of nitriles is 1. The van der Waals surface area contributed by atoms with Crippen LogP contribution in [0.5, 0.6) is 0 Å². The summed E-state index contributed by atoms with van der Waals surface area (Å²) in [6, 6.07) is 10.5. The minimum atomic E-state index is -0.175. The first-order chi connectivity index (χ1) is 8.29. The van der Waals surface area contributed by atoms with E-state index in [4.69, 9.17) is 9.68 Å². The highest BCUT2D eigenvalue weighted by atomic mass is 16.3. The van der Waals surface area contributed by atoms with Gasteiger partial charge in [0, 0.05) is 12.3 Å². The zero-order valence-electron chi connectivity index (χ0n) is 8.68. The molecule has 0 spiro atoms. The van der Waals surface area contributed by atoms with Gasteiger partial charge in [-0.2, -0.15) is 5.26 Å². The molecule has 0 aliphatic heterocycles. The van der Waals surface area contributed by atoms with Crippen LogP contribution in [-0.4, -0.2) is 4.98 Å². The molecular formula is C13H6N2O2. The van der Waals surface area contributed by atoms with Gasteiger partial charge in [-0.25, -0.2) is 4.98 Å². The second-order valence-electron chi connectivity index (χ2n) is 3.61. The van der Waals surface area contributed by atoms with Crippen LogP contribution in [0.1, 0.15) is 5.56 Å². The third-order valence-electron chi connectivity index (χ3n) is 2.55. The molecule has 4 nitrogen and oxygen atoms in total. The Bertz CT molecular complexity index is 828. The molecule has 0 unspecified atom stereocenters. The second kappa shape index (κ2) is 3.42. The average molecular weight is 222 g/mol. The Morgan fingerprint density at radius 1 is 1.24 bits per heavy atom. The van der Waals surface area contributed by atoms with E-state index in [1.54, 1.807) is 24.3 Å². The number of aromatic nitrogens is 1. The maximum atomic E-state index is 12.1. The maximum absolute atomic E-state index is 12.1. The standard InChI is InChI=1S/C13H6N2O2/c14-6-8-5-11-12(15-7-8)13(16)9-3-1-2-4-10(9)17-11/h1-5,7H. The second-order valence-corrected chi connectivity index (χ2v) is 3.61. The molecule has 0 amide bonds. The van der Waals surface area contributed by atoms with E-state index in [1.165, 1.54) is 12.3 Å². The minimum Gasteiger partial charge on any atom is -0.454 e. The first kappa shape index (κ1) is 9.55. The van der Waals surface area contributed by atoms with Gasteiger partial charge in [-0.05, 0) is 12.1 Å². The summed E-state index contributed by atoms with van der Waals surface area (Å²) in [6.45, 7) is 0. The quantitative estimate of drug-likeness (QED) is 0.547. The highest BCUT2D eigenvalue weighted by Crippen LogP contribution is 2.17. The summed E-state index contributed by atoms with van der Waals surface area (Å²) in [5.41, 5.74) is 1.29. The van der Waals surface area contributed by atoms with Gasteiger partial charge in [-0.3, -0.25) is 4.79 Å². The van der Waals surface area contributed by atoms with Gasteiger partial charge >= 0.3 is 0 Å². The number of hydrogen-bond acceptors (Lipinski definition) is 4. The van der Waals surface area contributed by atoms with Gasteiger partial charge in [-0.1, -0.05) is 12.1 Å². The number of nitrogens with zero attached hydrogens (tertiary/aromatic N) is 2. The van der Waals surface area contributed by atoms with Crippen LogP contribution in [0, 0.1) is 11.3 Å². The average Bonchev–Trinajstić information content (AvgIpc) is 2.38. The van der Waals surface area contributed by atoms with Gasteiger partial charge in [0.2, 0.25) is 5.43 Å². The van der Waals surface area contributed by atoms with Gasteiger partial charge in [-0.15, -0.1) is 0 Å². The van der Waals surface area contributed by atoms with E-state index in [-0.39, 0.29) is 10.9 Å². The summed E-state index contributed by atoms with van der Waals surface area (Å²) in [5, 5.41) is 9.27. The number of para-hydroxylation sites is 1. The minimum absolute atomic E-state index is 0.175. The van der Waals surface area contributed by atoms with E-state index >= 15 is 0 Å². The van der Waals surface area contributed by atoms with Gasteiger partial charge < -0.3 is 4.42 Å². The van der Waals surface area contributed by atoms with Gasteiger partial charge in [0.05, 0.1) is 10.9 Å². The van der Waals surface area contributed by atoms with Crippen LogP contribution in [0.4, 0.5) is 0 Å². The maximum Gasteiger partial charge on any atom is 0.218 e. The van der Waals surface area contributed by atoms with Crippen molar-refractivity contribution < 1.29 is 4.42 Å². The number of pyridine rings is 1. The number of hydrogen-bond donors (Lipinski definition) is 0. The number of benzene rings is 1. The number of fused-ring (bicyclic) bond motifs is 2. The highest BCUT2D eigenvalue weighted by Gasteiger charge is 2.08. The summed E-state index contributed by atoms with van der Waals surface area (Å²) in [4.78, 5) is 16.1. The van der Waals surface area contributed by atoms with Crippen molar-refractivity contribution in [2.45, 2.75) is 0 Å². The summed E-state index contributed by atoms with van der Waals surface area (Å²) in [5.74, 6) is 0. The molecule has 1 aromatic carbocycles. The molecule has 0 saturated carbocycles. The van der Waals surface area contributed by atoms with Crippen molar-refractivity contribution in [1.82, 2.24) is 4.98 Å². The third kappa shape index (κ3) is 1.37. The lowest BCUT2D eigenvalue weighted by molar-refractivity contribution is 0.658. The Morgan fingerprint density at radius 2 is 2.06 bits per heavy atom. The van der Waals surface area contributed by atoms with E-state index < -0.39 is 0 Å². The molecule has 0 fully saturated rings. The Balaban J connectivity index is 2.56. The fourth-order valence-corrected chi connectivity index (χ4v) is 1.74. The normalized spacial score (nSPS) is 10.5. The van der Waals surface area contributed by atoms with Crippen LogP contribution >= 0.6 is 0 Å². The number of rotatable bonds is 0. The highest BCUT2D eigenvalue weighted by molar-refractivity contribution is 5.87. The Labute approximate surface area is 95.7 Å². The fraction of sp³-hybridized carbons (Fsp3) is 0. The smallest absolute Gasteiger partial charge is 0.218 e. The van der Waals surface area contributed by atoms with E-state index in [1.807, 2.05) is 6.07 Å². The Hall–Kier alpha value is -2.67. The summed E-state index contributed by atoms with van der Waals surface area (Å²) in [7, 11) is 0. The zero-order valence-corrected chi connectivity index (χ0v) is 8.68. The molecule has 3 rings (SSSR count). The Morgan fingerprint density at radius 3 is 2.88 bits per heavy atom. The molecule has 3 aromatic rings. The summed E-state index contributed by atoms with van der Waals surface area (Å²) < 4.78 is 5.56. The fourth-order valence-electron chi connectivity index (χ4n) is 1.74.